The van der Waals surface area contributed by atoms with Crippen molar-refractivity contribution in [3.63, 3.8) is 0 Å². The van der Waals surface area contributed by atoms with Crippen LogP contribution < -0.4 is 0 Å². The molecule has 2 aliphatic rings. The first kappa shape index (κ1) is 9.64. The molecule has 2 heteroatoms. The third-order valence-corrected chi connectivity index (χ3v) is 3.61. The van der Waals surface area contributed by atoms with E-state index in [0.717, 1.165) is 12.1 Å². The Morgan fingerprint density at radius 2 is 2.06 bits per heavy atom. The van der Waals surface area contributed by atoms with Gasteiger partial charge in [-0.2, -0.15) is 0 Å². The van der Waals surface area contributed by atoms with E-state index in [1.54, 1.807) is 0 Å². The second-order valence-electron chi connectivity index (χ2n) is 4.51. The highest BCUT2D eigenvalue weighted by Crippen LogP contribution is 2.42. The van der Waals surface area contributed by atoms with Crippen molar-refractivity contribution in [2.24, 2.45) is 5.92 Å². The van der Waals surface area contributed by atoms with E-state index in [9.17, 15) is 4.39 Å². The van der Waals surface area contributed by atoms with Gasteiger partial charge in [-0.3, -0.25) is 0 Å². The van der Waals surface area contributed by atoms with Crippen LogP contribution in [0, 0.1) is 11.7 Å². The molecular weight excluding hydrogens is 201 g/mol. The number of fused-ring (bicyclic) bond motifs is 2. The summed E-state index contributed by atoms with van der Waals surface area (Å²) in [5, 5.41) is 0. The van der Waals surface area contributed by atoms with Gasteiger partial charge in [-0.15, -0.1) is 0 Å². The summed E-state index contributed by atoms with van der Waals surface area (Å²) in [7, 11) is 0. The Hall–Kier alpha value is -1.57. The maximum Gasteiger partial charge on any atom is 0.123 e. The van der Waals surface area contributed by atoms with Crippen LogP contribution in [-0.2, 0) is 0 Å². The topological polar surface area (TPSA) is 3.24 Å². The minimum Gasteiger partial charge on any atom is -0.371 e. The molecule has 3 rings (SSSR count). The summed E-state index contributed by atoms with van der Waals surface area (Å²) in [5.74, 6) is 0.425. The molecule has 1 saturated heterocycles. The highest BCUT2D eigenvalue weighted by molar-refractivity contribution is 5.71. The molecular formula is C14H14FN. The second kappa shape index (κ2) is 3.48. The van der Waals surface area contributed by atoms with Gasteiger partial charge in [0, 0.05) is 18.5 Å². The molecule has 1 aromatic carbocycles. The molecule has 1 aliphatic heterocycles. The third-order valence-electron chi connectivity index (χ3n) is 3.61. The molecule has 0 spiro atoms. The average molecular weight is 215 g/mol. The van der Waals surface area contributed by atoms with Gasteiger partial charge in [-0.05, 0) is 35.9 Å². The Bertz CT molecular complexity index is 446. The summed E-state index contributed by atoms with van der Waals surface area (Å²) in [6.45, 7) is 4.87. The number of hydrogen-bond acceptors (Lipinski definition) is 1. The van der Waals surface area contributed by atoms with E-state index in [-0.39, 0.29) is 5.82 Å². The average Bonchev–Trinajstić information content (AvgIpc) is 2.88. The number of likely N-dealkylation sites (tertiary alicyclic amines) is 1. The molecule has 0 amide bonds. The van der Waals surface area contributed by atoms with Crippen molar-refractivity contribution in [3.8, 4) is 0 Å². The summed E-state index contributed by atoms with van der Waals surface area (Å²) in [6.07, 6.45) is 5.39. The van der Waals surface area contributed by atoms with Gasteiger partial charge in [0.05, 0.1) is 0 Å². The first-order chi connectivity index (χ1) is 7.78. The Morgan fingerprint density at radius 1 is 1.31 bits per heavy atom. The van der Waals surface area contributed by atoms with Crippen molar-refractivity contribution in [1.82, 2.24) is 4.90 Å². The van der Waals surface area contributed by atoms with Crippen molar-refractivity contribution in [2.45, 2.75) is 12.5 Å². The summed E-state index contributed by atoms with van der Waals surface area (Å²) >= 11 is 0. The number of hydrogen-bond donors (Lipinski definition) is 0. The molecule has 0 saturated carbocycles. The maximum absolute atomic E-state index is 12.8. The molecule has 0 N–H and O–H groups in total. The van der Waals surface area contributed by atoms with Gasteiger partial charge in [-0.25, -0.2) is 4.39 Å². The van der Waals surface area contributed by atoms with Gasteiger partial charge < -0.3 is 4.90 Å². The van der Waals surface area contributed by atoms with Crippen LogP contribution in [0.15, 0.2) is 43.1 Å². The third kappa shape index (κ3) is 1.37. The normalized spacial score (nSPS) is 27.1. The van der Waals surface area contributed by atoms with Crippen molar-refractivity contribution in [1.29, 1.82) is 0 Å². The van der Waals surface area contributed by atoms with Crippen LogP contribution in [0.5, 0.6) is 0 Å². The zero-order chi connectivity index (χ0) is 11.1. The van der Waals surface area contributed by atoms with Crippen LogP contribution in [0.4, 0.5) is 4.39 Å². The maximum atomic E-state index is 12.8. The smallest absolute Gasteiger partial charge is 0.123 e. The first-order valence-electron chi connectivity index (χ1n) is 5.64. The van der Waals surface area contributed by atoms with Gasteiger partial charge in [0.2, 0.25) is 0 Å². The zero-order valence-electron chi connectivity index (χ0n) is 9.07. The van der Waals surface area contributed by atoms with Crippen molar-refractivity contribution in [2.75, 3.05) is 6.54 Å². The van der Waals surface area contributed by atoms with E-state index in [0.29, 0.717) is 12.0 Å². The lowest BCUT2D eigenvalue weighted by Gasteiger charge is -2.24. The van der Waals surface area contributed by atoms with Crippen molar-refractivity contribution < 1.29 is 4.39 Å². The Labute approximate surface area is 94.9 Å². The van der Waals surface area contributed by atoms with Crippen LogP contribution in [0.25, 0.3) is 5.57 Å². The number of rotatable bonds is 2. The Morgan fingerprint density at radius 3 is 2.62 bits per heavy atom. The largest absolute Gasteiger partial charge is 0.371 e. The summed E-state index contributed by atoms with van der Waals surface area (Å²) in [5.41, 5.74) is 2.54. The van der Waals surface area contributed by atoms with Crippen LogP contribution >= 0.6 is 0 Å². The molecule has 1 nitrogen and oxygen atoms in total. The Balaban J connectivity index is 1.91. The summed E-state index contributed by atoms with van der Waals surface area (Å²) < 4.78 is 12.8. The highest BCUT2D eigenvalue weighted by Gasteiger charge is 2.37. The van der Waals surface area contributed by atoms with Crippen LogP contribution in [0.2, 0.25) is 0 Å². The van der Waals surface area contributed by atoms with E-state index < -0.39 is 0 Å². The lowest BCUT2D eigenvalue weighted by Crippen LogP contribution is -2.24. The standard InChI is InChI=1S/C14H14FN/c1-2-16-9-11-7-13(16)8-14(11)10-3-5-12(15)6-4-10/h2-6,8,11,13H,1,7,9H2. The minimum atomic E-state index is -0.166. The molecule has 2 atom stereocenters. The predicted octanol–water partition coefficient (Wildman–Crippen LogP) is 3.06. The minimum absolute atomic E-state index is 0.166. The summed E-state index contributed by atoms with van der Waals surface area (Å²) in [4.78, 5) is 2.28. The van der Waals surface area contributed by atoms with E-state index >= 15 is 0 Å². The predicted molar refractivity (Wildman–Crippen MR) is 63.2 cm³/mol. The molecule has 0 aromatic heterocycles. The number of benzene rings is 1. The molecule has 2 bridgehead atoms. The fourth-order valence-corrected chi connectivity index (χ4v) is 2.81. The molecule has 0 radical (unpaired) electrons. The van der Waals surface area contributed by atoms with E-state index in [1.165, 1.54) is 24.1 Å². The fourth-order valence-electron chi connectivity index (χ4n) is 2.81. The first-order valence-corrected chi connectivity index (χ1v) is 5.64. The second-order valence-corrected chi connectivity index (χ2v) is 4.51. The van der Waals surface area contributed by atoms with Gasteiger partial charge in [0.15, 0.2) is 0 Å². The fraction of sp³-hybridized carbons (Fsp3) is 0.286. The summed E-state index contributed by atoms with van der Waals surface area (Å²) in [6, 6.07) is 7.32. The molecule has 2 unspecified atom stereocenters. The van der Waals surface area contributed by atoms with E-state index in [2.05, 4.69) is 17.6 Å². The lowest BCUT2D eigenvalue weighted by atomic mass is 9.95. The number of nitrogens with zero attached hydrogens (tertiary/aromatic N) is 1. The van der Waals surface area contributed by atoms with Crippen LogP contribution in [0.3, 0.4) is 0 Å². The van der Waals surface area contributed by atoms with E-state index in [4.69, 9.17) is 0 Å². The molecule has 1 fully saturated rings. The highest BCUT2D eigenvalue weighted by atomic mass is 19.1. The van der Waals surface area contributed by atoms with Crippen molar-refractivity contribution >= 4 is 5.57 Å². The van der Waals surface area contributed by atoms with Gasteiger partial charge in [0.1, 0.15) is 5.82 Å². The lowest BCUT2D eigenvalue weighted by molar-refractivity contribution is 0.392. The van der Waals surface area contributed by atoms with Crippen LogP contribution in [-0.4, -0.2) is 17.5 Å². The van der Waals surface area contributed by atoms with Crippen LogP contribution in [0.1, 0.15) is 12.0 Å². The number of halogens is 1. The molecule has 1 aromatic rings. The molecule has 1 heterocycles. The Kier molecular flexibility index (Phi) is 2.10. The SMILES string of the molecule is C=CN1CC2CC1C=C2c1ccc(F)cc1. The quantitative estimate of drug-likeness (QED) is 0.733. The van der Waals surface area contributed by atoms with Gasteiger partial charge in [0.25, 0.3) is 0 Å². The van der Waals surface area contributed by atoms with E-state index in [1.807, 2.05) is 18.3 Å². The molecule has 16 heavy (non-hydrogen) atoms. The monoisotopic (exact) mass is 215 g/mol. The van der Waals surface area contributed by atoms with Gasteiger partial charge in [-0.1, -0.05) is 24.8 Å². The molecule has 82 valence electrons. The van der Waals surface area contributed by atoms with Gasteiger partial charge >= 0.3 is 0 Å². The zero-order valence-corrected chi connectivity index (χ0v) is 9.07. The van der Waals surface area contributed by atoms with Crippen molar-refractivity contribution in [3.05, 3.63) is 54.5 Å². The molecule has 1 aliphatic carbocycles.